The molecule has 6 aromatic heterocycles. The van der Waals surface area contributed by atoms with E-state index < -0.39 is 131 Å². The van der Waals surface area contributed by atoms with Crippen molar-refractivity contribution in [2.75, 3.05) is 10.0 Å². The van der Waals surface area contributed by atoms with E-state index >= 15 is 0 Å². The molecule has 2 aliphatic heterocycles. The van der Waals surface area contributed by atoms with Crippen molar-refractivity contribution in [1.82, 2.24) is 46.4 Å². The Bertz CT molecular complexity index is 6460. The number of carboxylic acid groups (broad SMARTS) is 2. The molecule has 0 radical (unpaired) electrons. The molecule has 4 aromatic carbocycles. The molecule has 12 rings (SSSR count). The number of amides is 2. The summed E-state index contributed by atoms with van der Waals surface area (Å²) >= 11 is 30.6. The SMILES string of the molecule is Cn1sc(Cl)c(Cl)c1=O.Cn1sc(Cl)cc1=O.Cn1sccc1=O.O=C(O)C1=NN(c2ccc(S(=O)(=O)[O-])cc2)C(=O)/C1=C/C=C/C=C/c1c(COO)[nH]n(-c2ccc(S(=O)(=O)[O-])cc2)c1=O.O=C(O)C1=NN(c2ccc(S(=O)(=O)[O-])cc2)C(=O)/C1=C/C=C/c1c(COO)[nH]n(-c2ccc(S(=O)(=O)[O-])cc2)c1=O.[K+].[K+].[K+].[K+].[Na+].[O-]c1nc(Cl)nc(Cl)n1. The molecule has 42 nitrogen and oxygen atoms in total. The van der Waals surface area contributed by atoms with Gasteiger partial charge in [0.15, 0.2) is 11.4 Å². The van der Waals surface area contributed by atoms with E-state index in [2.05, 4.69) is 45.1 Å². The first-order chi connectivity index (χ1) is 54.7. The van der Waals surface area contributed by atoms with Crippen LogP contribution in [0, 0.1) is 0 Å². The van der Waals surface area contributed by atoms with Gasteiger partial charge >= 0.3 is 247 Å². The number of hydrogen-bond acceptors (Lipinski definition) is 34. The normalized spacial score (nSPS) is 13.1. The van der Waals surface area contributed by atoms with Gasteiger partial charge in [-0.05, 0) is 168 Å². The number of hydrazone groups is 2. The molecule has 2 amide bonds. The molecule has 0 aliphatic carbocycles. The van der Waals surface area contributed by atoms with E-state index in [9.17, 15) is 110 Å². The standard InChI is InChI=1S/C25H20N4O12S2.C23H18N4O12S2.C4H3Cl2NOS.C4H4ClNOS.C4H5NOS.C3HCl2N3O.4K.Na/c30-23-19(21(14-41-34)26-28(23)15-6-10-17(11-7-15)42(35,36)37)4-2-1-3-5-20-22(25(32)33)27-29(24(20)31)16-8-12-18(13-9-16)43(38,39)40;28-21-17(19(12-39-32)24-26(21)13-4-8-15(9-5-13)40(33,34)35)2-1-3-18-20(23(30)31)25-27(22(18)29)14-6-10-16(11-7-14)41(36,37)38;1-7-4(8)2(5)3(6)9-7;1-6-4(7)2-3(5)8-6;1-5-4(6)2-3-7-5;4-1-6-2(5)8-3(9)7-1;;;;;/h1-13,26,34H,14H2,(H,32,33)(H,35,36,37)(H,38,39,40);1-11,24,32H,12H2,(H,30,31)(H,33,34,35)(H,36,37,38);1H3;2H,1H3;2-3H,1H3;(H,6,7,8,9);;;;;/q;;;;;;5*+1/p-5/b3-1+,4-2+,20-5+;2-1+,18-3+;;;;;;;;;. The molecule has 618 valence electrons. The molecular formula is C63H46Cl5K4N14NaO28S7. The first-order valence-corrected chi connectivity index (χ1v) is 40.6. The number of rotatable bonds is 19. The van der Waals surface area contributed by atoms with Crippen LogP contribution in [-0.2, 0) is 104 Å². The number of nitrogens with one attached hydrogen (secondary N) is 2. The van der Waals surface area contributed by atoms with Crippen molar-refractivity contribution in [3.05, 3.63) is 261 Å². The fraction of sp³-hybridized carbons (Fsp3) is 0.0794. The van der Waals surface area contributed by atoms with Crippen LogP contribution in [0.5, 0.6) is 6.01 Å². The molecule has 0 spiro atoms. The number of carboxylic acids is 2. The molecule has 0 fully saturated rings. The van der Waals surface area contributed by atoms with Gasteiger partial charge in [-0.15, -0.1) is 0 Å². The molecule has 0 saturated carbocycles. The van der Waals surface area contributed by atoms with Gasteiger partial charge in [-0.2, -0.15) is 25.2 Å². The first kappa shape index (κ1) is 114. The quantitative estimate of drug-likeness (QED) is 0.0109. The van der Waals surface area contributed by atoms with Gasteiger partial charge in [0.2, 0.25) is 10.6 Å². The smallest absolute Gasteiger partial charge is 0.844 e. The predicted molar refractivity (Wildman–Crippen MR) is 414 cm³/mol. The maximum absolute atomic E-state index is 13.0. The van der Waals surface area contributed by atoms with Gasteiger partial charge in [0.1, 0.15) is 67.4 Å². The zero-order valence-electron chi connectivity index (χ0n) is 63.2. The summed E-state index contributed by atoms with van der Waals surface area (Å²) in [6.07, 6.45) is 9.85. The second-order valence-electron chi connectivity index (χ2n) is 21.9. The number of carbonyl (C=O) groups excluding carboxylic acids is 2. The number of aromatic nitrogens is 10. The van der Waals surface area contributed by atoms with Crippen LogP contribution in [0.1, 0.15) is 22.5 Å². The summed E-state index contributed by atoms with van der Waals surface area (Å²) in [4.78, 5) is 123. The average molecular weight is 2030 g/mol. The van der Waals surface area contributed by atoms with Gasteiger partial charge in [-0.25, -0.2) is 72.4 Å². The number of halogens is 5. The van der Waals surface area contributed by atoms with Gasteiger partial charge in [-0.3, -0.25) is 66.1 Å². The Morgan fingerprint density at radius 1 is 0.484 bits per heavy atom. The monoisotopic (exact) mass is 2020 g/mol. The zero-order valence-corrected chi connectivity index (χ0v) is 87.2. The van der Waals surface area contributed by atoms with Crippen LogP contribution < -0.4 is 278 Å². The average Bonchev–Trinajstić information content (AvgIpc) is 1.67. The summed E-state index contributed by atoms with van der Waals surface area (Å²) in [5.41, 5.74) is -3.19. The number of aryl methyl sites for hydroxylation is 3. The van der Waals surface area contributed by atoms with E-state index in [1.807, 2.05) is 0 Å². The Morgan fingerprint density at radius 3 is 1.10 bits per heavy atom. The Balaban J connectivity index is 0.000000580. The molecule has 2 aliphatic rings. The van der Waals surface area contributed by atoms with Gasteiger partial charge in [0, 0.05) is 38.7 Å². The summed E-state index contributed by atoms with van der Waals surface area (Å²) in [6.45, 7) is -0.942. The summed E-state index contributed by atoms with van der Waals surface area (Å²) in [5, 5.41) is 62.9. The Hall–Kier alpha value is -3.60. The Kier molecular flexibility index (Phi) is 48.5. The number of nitrogens with zero attached hydrogens (tertiary/aromatic N) is 12. The minimum Gasteiger partial charge on any atom is -0.844 e. The maximum atomic E-state index is 13.0. The van der Waals surface area contributed by atoms with Crippen molar-refractivity contribution in [2.24, 2.45) is 31.3 Å². The van der Waals surface area contributed by atoms with Crippen LogP contribution in [0.15, 0.2) is 216 Å². The van der Waals surface area contributed by atoms with Crippen molar-refractivity contribution < 1.29 is 342 Å². The largest absolute Gasteiger partial charge is 1.00 e. The third kappa shape index (κ3) is 32.5. The first-order valence-electron chi connectivity index (χ1n) is 30.7. The van der Waals surface area contributed by atoms with Crippen molar-refractivity contribution in [1.29, 1.82) is 0 Å². The van der Waals surface area contributed by atoms with Crippen molar-refractivity contribution in [3.8, 4) is 17.4 Å². The van der Waals surface area contributed by atoms with E-state index in [-0.39, 0.29) is 318 Å². The number of allylic oxidation sites excluding steroid dienone is 6. The van der Waals surface area contributed by atoms with Crippen LogP contribution >= 0.6 is 92.6 Å². The fourth-order valence-electron chi connectivity index (χ4n) is 8.94. The van der Waals surface area contributed by atoms with Crippen LogP contribution in [0.25, 0.3) is 23.5 Å². The topological polar surface area (TPSA) is 631 Å². The molecule has 0 saturated heterocycles. The molecule has 122 heavy (non-hydrogen) atoms. The molecule has 0 unspecified atom stereocenters. The Labute approximate surface area is 916 Å². The minimum absolute atomic E-state index is 0. The summed E-state index contributed by atoms with van der Waals surface area (Å²) in [6, 6.07) is 19.2. The van der Waals surface area contributed by atoms with Crippen LogP contribution in [0.4, 0.5) is 11.4 Å². The van der Waals surface area contributed by atoms with E-state index in [0.717, 1.165) is 117 Å². The molecule has 0 bridgehead atoms. The van der Waals surface area contributed by atoms with E-state index in [4.69, 9.17) is 68.5 Å². The Morgan fingerprint density at radius 2 is 0.844 bits per heavy atom. The number of hydrogen-bond donors (Lipinski definition) is 6. The minimum atomic E-state index is -4.76. The van der Waals surface area contributed by atoms with Gasteiger partial charge in [0.05, 0.1) is 82.0 Å². The number of carbonyl (C=O) groups is 4. The van der Waals surface area contributed by atoms with Crippen molar-refractivity contribution in [3.63, 3.8) is 0 Å². The summed E-state index contributed by atoms with van der Waals surface area (Å²) < 4.78 is 141. The molecule has 10 aromatic rings. The third-order valence-electron chi connectivity index (χ3n) is 14.3. The molecule has 59 heteroatoms. The second-order valence-corrected chi connectivity index (χ2v) is 33.0. The number of aromatic amines is 2. The number of H-pyrrole nitrogens is 2. The number of benzene rings is 4. The molecule has 0 atom stereocenters. The van der Waals surface area contributed by atoms with Crippen molar-refractivity contribution >= 4 is 192 Å². The van der Waals surface area contributed by atoms with Crippen LogP contribution in [-0.4, -0.2) is 154 Å². The fourth-order valence-corrected chi connectivity index (χ4v) is 13.9. The molecule has 6 N–H and O–H groups in total. The molecular weight excluding hydrogens is 1980 g/mol. The zero-order chi connectivity index (χ0) is 86.9. The number of anilines is 2. The van der Waals surface area contributed by atoms with E-state index in [1.165, 1.54) is 91.7 Å². The van der Waals surface area contributed by atoms with Gasteiger partial charge in [0.25, 0.3) is 39.6 Å². The summed E-state index contributed by atoms with van der Waals surface area (Å²) in [5.74, 6) is -4.85. The van der Waals surface area contributed by atoms with Crippen LogP contribution in [0.2, 0.25) is 24.3 Å². The maximum Gasteiger partial charge on any atom is 1.00 e. The second kappa shape index (κ2) is 51.7. The van der Waals surface area contributed by atoms with Gasteiger partial charge in [-0.1, -0.05) is 70.6 Å². The van der Waals surface area contributed by atoms with Gasteiger partial charge < -0.3 is 33.5 Å². The molecule has 8 heterocycles. The number of aliphatic carboxylic acids is 2. The van der Waals surface area contributed by atoms with E-state index in [1.54, 1.807) is 36.5 Å². The van der Waals surface area contributed by atoms with Crippen LogP contribution in [0.3, 0.4) is 0 Å². The third-order valence-corrected chi connectivity index (χ3v) is 21.6. The van der Waals surface area contributed by atoms with Crippen molar-refractivity contribution in [2.45, 2.75) is 32.8 Å². The van der Waals surface area contributed by atoms with E-state index in [0.29, 0.717) is 13.7 Å². The summed E-state index contributed by atoms with van der Waals surface area (Å²) in [7, 11) is -13.9. The predicted octanol–water partition coefficient (Wildman–Crippen LogP) is -10.1.